The van der Waals surface area contributed by atoms with E-state index in [0.29, 0.717) is 31.1 Å². The Morgan fingerprint density at radius 3 is 2.47 bits per heavy atom. The molecular weight excluding hydrogens is 404 g/mol. The minimum atomic E-state index is -3.42. The number of carbonyl (C=O) groups excluding carboxylic acids is 1. The van der Waals surface area contributed by atoms with Gasteiger partial charge in [0.05, 0.1) is 11.4 Å². The first kappa shape index (κ1) is 22.1. The van der Waals surface area contributed by atoms with Gasteiger partial charge in [0.2, 0.25) is 10.0 Å². The summed E-state index contributed by atoms with van der Waals surface area (Å²) < 4.78 is 37.8. The number of sulfonamides is 1. The van der Waals surface area contributed by atoms with Crippen LogP contribution in [0.3, 0.4) is 0 Å². The third-order valence-electron chi connectivity index (χ3n) is 4.87. The van der Waals surface area contributed by atoms with E-state index in [-0.39, 0.29) is 17.4 Å². The number of amides is 1. The van der Waals surface area contributed by atoms with Crippen molar-refractivity contribution in [1.29, 1.82) is 0 Å². The van der Waals surface area contributed by atoms with Crippen molar-refractivity contribution in [3.05, 3.63) is 54.1 Å². The van der Waals surface area contributed by atoms with E-state index in [0.717, 1.165) is 18.4 Å². The zero-order chi connectivity index (χ0) is 21.6. The molecule has 2 aromatic rings. The van der Waals surface area contributed by atoms with E-state index in [9.17, 15) is 13.2 Å². The van der Waals surface area contributed by atoms with Crippen molar-refractivity contribution >= 4 is 15.9 Å². The largest absolute Gasteiger partial charge is 0.492 e. The first-order chi connectivity index (χ1) is 14.4. The second-order valence-corrected chi connectivity index (χ2v) is 9.24. The van der Waals surface area contributed by atoms with Gasteiger partial charge in [-0.05, 0) is 68.7 Å². The Kier molecular flexibility index (Phi) is 7.33. The molecule has 1 atom stereocenters. The highest BCUT2D eigenvalue weighted by molar-refractivity contribution is 7.89. The van der Waals surface area contributed by atoms with Crippen molar-refractivity contribution in [2.45, 2.75) is 37.7 Å². The van der Waals surface area contributed by atoms with E-state index < -0.39 is 16.1 Å². The number of ether oxygens (including phenoxy) is 2. The fourth-order valence-electron chi connectivity index (χ4n) is 3.22. The predicted molar refractivity (Wildman–Crippen MR) is 114 cm³/mol. The number of carbonyl (C=O) groups is 1. The van der Waals surface area contributed by atoms with E-state index >= 15 is 0 Å². The Morgan fingerprint density at radius 2 is 1.80 bits per heavy atom. The Labute approximate surface area is 178 Å². The van der Waals surface area contributed by atoms with Gasteiger partial charge in [-0.15, -0.1) is 0 Å². The summed E-state index contributed by atoms with van der Waals surface area (Å²) in [6.07, 6.45) is 1.18. The molecular formula is C22H28N2O5S. The normalized spacial score (nSPS) is 15.5. The van der Waals surface area contributed by atoms with Crippen LogP contribution in [0, 0.1) is 6.92 Å². The number of rotatable bonds is 9. The smallest absolute Gasteiger partial charge is 0.260 e. The maximum Gasteiger partial charge on any atom is 0.260 e. The molecule has 1 fully saturated rings. The zero-order valence-corrected chi connectivity index (χ0v) is 18.2. The monoisotopic (exact) mass is 432 g/mol. The van der Waals surface area contributed by atoms with Crippen LogP contribution in [-0.2, 0) is 14.8 Å². The molecule has 30 heavy (non-hydrogen) atoms. The van der Waals surface area contributed by atoms with Gasteiger partial charge in [-0.3, -0.25) is 4.79 Å². The lowest BCUT2D eigenvalue weighted by Crippen LogP contribution is -2.38. The molecule has 3 rings (SSSR count). The fraction of sp³-hybridized carbons (Fsp3) is 0.409. The van der Waals surface area contributed by atoms with E-state index in [4.69, 9.17) is 9.47 Å². The molecule has 0 saturated carbocycles. The fourth-order valence-corrected chi connectivity index (χ4v) is 4.74. The van der Waals surface area contributed by atoms with Gasteiger partial charge in [0.15, 0.2) is 6.10 Å². The van der Waals surface area contributed by atoms with Gasteiger partial charge in [0.1, 0.15) is 18.1 Å². The van der Waals surface area contributed by atoms with Gasteiger partial charge in [-0.1, -0.05) is 12.1 Å². The van der Waals surface area contributed by atoms with Gasteiger partial charge in [0.25, 0.3) is 5.91 Å². The van der Waals surface area contributed by atoms with Gasteiger partial charge in [-0.2, -0.15) is 4.31 Å². The molecule has 2 aromatic carbocycles. The molecule has 0 bridgehead atoms. The quantitative estimate of drug-likeness (QED) is 0.616. The van der Waals surface area contributed by atoms with Crippen LogP contribution < -0.4 is 14.8 Å². The van der Waals surface area contributed by atoms with Gasteiger partial charge in [-0.25, -0.2) is 8.42 Å². The highest BCUT2D eigenvalue weighted by Gasteiger charge is 2.26. The summed E-state index contributed by atoms with van der Waals surface area (Å²) in [4.78, 5) is 12.4. The lowest BCUT2D eigenvalue weighted by atomic mass is 10.2. The summed E-state index contributed by atoms with van der Waals surface area (Å²) >= 11 is 0. The van der Waals surface area contributed by atoms with Gasteiger partial charge >= 0.3 is 0 Å². The average molecular weight is 433 g/mol. The van der Waals surface area contributed by atoms with Crippen LogP contribution >= 0.6 is 0 Å². The van der Waals surface area contributed by atoms with Crippen molar-refractivity contribution in [1.82, 2.24) is 9.62 Å². The summed E-state index contributed by atoms with van der Waals surface area (Å²) in [6.45, 7) is 5.38. The van der Waals surface area contributed by atoms with Crippen molar-refractivity contribution < 1.29 is 22.7 Å². The zero-order valence-electron chi connectivity index (χ0n) is 17.3. The number of nitrogens with one attached hydrogen (secondary N) is 1. The molecule has 1 amide bonds. The lowest BCUT2D eigenvalue weighted by molar-refractivity contribution is -0.127. The maximum absolute atomic E-state index is 12.5. The molecule has 1 N–H and O–H groups in total. The van der Waals surface area contributed by atoms with E-state index in [1.54, 1.807) is 31.2 Å². The number of hydrogen-bond acceptors (Lipinski definition) is 5. The second-order valence-electron chi connectivity index (χ2n) is 7.30. The van der Waals surface area contributed by atoms with E-state index in [2.05, 4.69) is 5.32 Å². The van der Waals surface area contributed by atoms with Crippen molar-refractivity contribution in [2.24, 2.45) is 0 Å². The van der Waals surface area contributed by atoms with Gasteiger partial charge in [0, 0.05) is 13.1 Å². The number of nitrogens with zero attached hydrogens (tertiary/aromatic N) is 1. The Morgan fingerprint density at radius 1 is 1.10 bits per heavy atom. The molecule has 8 heteroatoms. The third-order valence-corrected chi connectivity index (χ3v) is 6.78. The Bertz CT molecular complexity index is 954. The van der Waals surface area contributed by atoms with Crippen molar-refractivity contribution in [3.8, 4) is 11.5 Å². The van der Waals surface area contributed by atoms with E-state index in [1.165, 1.54) is 4.31 Å². The first-order valence-electron chi connectivity index (χ1n) is 10.1. The van der Waals surface area contributed by atoms with Crippen molar-refractivity contribution in [2.75, 3.05) is 26.2 Å². The molecule has 7 nitrogen and oxygen atoms in total. The molecule has 0 spiro atoms. The standard InChI is InChI=1S/C22H28N2O5S/c1-17-6-5-7-20(16-17)29-18(2)22(25)23-12-15-28-19-8-10-21(11-9-19)30(26,27)24-13-3-4-14-24/h5-11,16,18H,3-4,12-15H2,1-2H3,(H,23,25). The topological polar surface area (TPSA) is 84.9 Å². The number of aryl methyl sites for hydroxylation is 1. The predicted octanol–water partition coefficient (Wildman–Crippen LogP) is 2.74. The van der Waals surface area contributed by atoms with Crippen LogP contribution in [0.15, 0.2) is 53.4 Å². The minimum absolute atomic E-state index is 0.229. The lowest BCUT2D eigenvalue weighted by Gasteiger charge is -2.16. The highest BCUT2D eigenvalue weighted by Crippen LogP contribution is 2.22. The molecule has 0 aromatic heterocycles. The summed E-state index contributed by atoms with van der Waals surface area (Å²) in [5, 5.41) is 2.77. The molecule has 0 aliphatic carbocycles. The molecule has 1 aliphatic heterocycles. The molecule has 1 heterocycles. The van der Waals surface area contributed by atoms with Gasteiger partial charge < -0.3 is 14.8 Å². The van der Waals surface area contributed by atoms with Crippen LogP contribution in [-0.4, -0.2) is 51.0 Å². The maximum atomic E-state index is 12.5. The number of benzene rings is 2. The molecule has 1 unspecified atom stereocenters. The summed E-state index contributed by atoms with van der Waals surface area (Å²) in [7, 11) is -3.42. The molecule has 0 radical (unpaired) electrons. The second kappa shape index (κ2) is 9.95. The minimum Gasteiger partial charge on any atom is -0.492 e. The van der Waals surface area contributed by atoms with Crippen LogP contribution in [0.5, 0.6) is 11.5 Å². The van der Waals surface area contributed by atoms with Crippen LogP contribution in [0.25, 0.3) is 0 Å². The number of hydrogen-bond donors (Lipinski definition) is 1. The van der Waals surface area contributed by atoms with Crippen LogP contribution in [0.2, 0.25) is 0 Å². The SMILES string of the molecule is Cc1cccc(OC(C)C(=O)NCCOc2ccc(S(=O)(=O)N3CCCC3)cc2)c1. The molecule has 162 valence electrons. The molecule has 1 saturated heterocycles. The summed E-state index contributed by atoms with van der Waals surface area (Å²) in [5.41, 5.74) is 1.06. The summed E-state index contributed by atoms with van der Waals surface area (Å²) in [6, 6.07) is 13.9. The average Bonchev–Trinajstić information content (AvgIpc) is 3.27. The Balaban J connectivity index is 1.42. The Hall–Kier alpha value is -2.58. The first-order valence-corrected chi connectivity index (χ1v) is 11.5. The van der Waals surface area contributed by atoms with Crippen molar-refractivity contribution in [3.63, 3.8) is 0 Å². The summed E-state index contributed by atoms with van der Waals surface area (Å²) in [5.74, 6) is 0.971. The highest BCUT2D eigenvalue weighted by atomic mass is 32.2. The van der Waals surface area contributed by atoms with Crippen LogP contribution in [0.1, 0.15) is 25.3 Å². The third kappa shape index (κ3) is 5.73. The van der Waals surface area contributed by atoms with Crippen LogP contribution in [0.4, 0.5) is 0 Å². The van der Waals surface area contributed by atoms with E-state index in [1.807, 2.05) is 31.2 Å². The molecule has 1 aliphatic rings.